The van der Waals surface area contributed by atoms with Gasteiger partial charge in [-0.3, -0.25) is 9.59 Å². The van der Waals surface area contributed by atoms with E-state index in [0.29, 0.717) is 18.8 Å². The molecule has 0 aliphatic carbocycles. The van der Waals surface area contributed by atoms with Gasteiger partial charge in [-0.25, -0.2) is 4.52 Å². The van der Waals surface area contributed by atoms with Crippen LogP contribution in [0.1, 0.15) is 10.5 Å². The monoisotopic (exact) mass is 274 g/mol. The number of nitrogens with one attached hydrogen (secondary N) is 1. The number of piperazine rings is 1. The fourth-order valence-electron chi connectivity index (χ4n) is 2.37. The van der Waals surface area contributed by atoms with Crippen LogP contribution in [0.15, 0.2) is 30.5 Å². The van der Waals surface area contributed by atoms with Gasteiger partial charge < -0.3 is 15.3 Å². The molecule has 7 heteroatoms. The van der Waals surface area contributed by atoms with Crippen LogP contribution in [0.25, 0.3) is 5.52 Å². The van der Waals surface area contributed by atoms with Crippen LogP contribution in [0.4, 0.5) is 0 Å². The molecular formula is C13H14N4O3. The van der Waals surface area contributed by atoms with E-state index in [1.165, 1.54) is 0 Å². The van der Waals surface area contributed by atoms with Gasteiger partial charge in [0.25, 0.3) is 5.91 Å². The van der Waals surface area contributed by atoms with E-state index in [2.05, 4.69) is 10.4 Å². The standard InChI is InChI=1S/C13H14N4O3/c18-12(16-7-6-14-10(8-16)13(19)20)11-3-1-2-9-4-5-15-17(9)11/h1-5,10,14H,6-8H2,(H,19,20)/t10-/m1/s1. The van der Waals surface area contributed by atoms with Crippen molar-refractivity contribution in [1.29, 1.82) is 0 Å². The van der Waals surface area contributed by atoms with Gasteiger partial charge in [-0.15, -0.1) is 0 Å². The van der Waals surface area contributed by atoms with Crippen LogP contribution in [-0.4, -0.2) is 57.2 Å². The van der Waals surface area contributed by atoms with Gasteiger partial charge in [0.15, 0.2) is 0 Å². The highest BCUT2D eigenvalue weighted by Crippen LogP contribution is 2.11. The number of rotatable bonds is 2. The molecule has 20 heavy (non-hydrogen) atoms. The van der Waals surface area contributed by atoms with Crippen molar-refractivity contribution in [3.8, 4) is 0 Å². The maximum Gasteiger partial charge on any atom is 0.322 e. The van der Waals surface area contributed by atoms with E-state index in [-0.39, 0.29) is 12.5 Å². The van der Waals surface area contributed by atoms with Crippen molar-refractivity contribution in [3.63, 3.8) is 0 Å². The fourth-order valence-corrected chi connectivity index (χ4v) is 2.37. The largest absolute Gasteiger partial charge is 0.480 e. The topological polar surface area (TPSA) is 86.9 Å². The van der Waals surface area contributed by atoms with Crippen LogP contribution in [0.3, 0.4) is 0 Å². The van der Waals surface area contributed by atoms with E-state index in [1.807, 2.05) is 12.1 Å². The van der Waals surface area contributed by atoms with Gasteiger partial charge in [0.1, 0.15) is 11.7 Å². The maximum atomic E-state index is 12.5. The summed E-state index contributed by atoms with van der Waals surface area (Å²) in [5.41, 5.74) is 1.28. The molecule has 3 heterocycles. The Balaban J connectivity index is 1.88. The zero-order valence-electron chi connectivity index (χ0n) is 10.7. The van der Waals surface area contributed by atoms with Gasteiger partial charge in [-0.05, 0) is 18.2 Å². The number of aromatic nitrogens is 2. The van der Waals surface area contributed by atoms with Crippen molar-refractivity contribution >= 4 is 17.4 Å². The Hall–Kier alpha value is -2.41. The van der Waals surface area contributed by atoms with E-state index < -0.39 is 12.0 Å². The van der Waals surface area contributed by atoms with Gasteiger partial charge in [-0.2, -0.15) is 5.10 Å². The fraction of sp³-hybridized carbons (Fsp3) is 0.308. The Labute approximate surface area is 114 Å². The summed E-state index contributed by atoms with van der Waals surface area (Å²) in [5.74, 6) is -1.15. The van der Waals surface area contributed by atoms with Crippen molar-refractivity contribution in [2.45, 2.75) is 6.04 Å². The zero-order chi connectivity index (χ0) is 14.1. The lowest BCUT2D eigenvalue weighted by Crippen LogP contribution is -2.55. The van der Waals surface area contributed by atoms with Crippen molar-refractivity contribution in [1.82, 2.24) is 19.8 Å². The summed E-state index contributed by atoms with van der Waals surface area (Å²) in [4.78, 5) is 25.1. The van der Waals surface area contributed by atoms with Gasteiger partial charge in [0.2, 0.25) is 0 Å². The number of hydrogen-bond acceptors (Lipinski definition) is 4. The summed E-state index contributed by atoms with van der Waals surface area (Å²) in [6.45, 7) is 1.11. The summed E-state index contributed by atoms with van der Waals surface area (Å²) in [6, 6.07) is 6.45. The summed E-state index contributed by atoms with van der Waals surface area (Å²) < 4.78 is 1.57. The molecular weight excluding hydrogens is 260 g/mol. The first-order valence-electron chi connectivity index (χ1n) is 6.35. The summed E-state index contributed by atoms with van der Waals surface area (Å²) in [5, 5.41) is 16.0. The van der Waals surface area contributed by atoms with Crippen LogP contribution in [0, 0.1) is 0 Å². The third-order valence-electron chi connectivity index (χ3n) is 3.40. The Morgan fingerprint density at radius 2 is 2.20 bits per heavy atom. The molecule has 1 saturated heterocycles. The minimum absolute atomic E-state index is 0.159. The van der Waals surface area contributed by atoms with E-state index in [4.69, 9.17) is 5.11 Å². The number of carboxylic acid groups (broad SMARTS) is 1. The van der Waals surface area contributed by atoms with Crippen LogP contribution in [0.2, 0.25) is 0 Å². The highest BCUT2D eigenvalue weighted by Gasteiger charge is 2.29. The normalized spacial score (nSPS) is 19.2. The summed E-state index contributed by atoms with van der Waals surface area (Å²) in [7, 11) is 0. The minimum atomic E-state index is -0.945. The first-order valence-corrected chi connectivity index (χ1v) is 6.35. The second-order valence-electron chi connectivity index (χ2n) is 4.68. The van der Waals surface area contributed by atoms with E-state index in [9.17, 15) is 9.59 Å². The lowest BCUT2D eigenvalue weighted by molar-refractivity contribution is -0.140. The van der Waals surface area contributed by atoms with Crippen molar-refractivity contribution < 1.29 is 14.7 Å². The van der Waals surface area contributed by atoms with Crippen LogP contribution in [-0.2, 0) is 4.79 Å². The SMILES string of the molecule is O=C(O)[C@H]1CN(C(=O)c2cccc3ccnn23)CCN1. The predicted octanol–water partition coefficient (Wildman–Crippen LogP) is -0.167. The Morgan fingerprint density at radius 1 is 1.35 bits per heavy atom. The maximum absolute atomic E-state index is 12.5. The number of carbonyl (C=O) groups is 2. The molecule has 1 fully saturated rings. The van der Waals surface area contributed by atoms with Gasteiger partial charge in [0, 0.05) is 19.6 Å². The van der Waals surface area contributed by atoms with Crippen molar-refractivity contribution in [2.24, 2.45) is 0 Å². The molecule has 1 aliphatic rings. The minimum Gasteiger partial charge on any atom is -0.480 e. The number of amides is 1. The quantitative estimate of drug-likeness (QED) is 0.794. The lowest BCUT2D eigenvalue weighted by Gasteiger charge is -2.31. The molecule has 1 amide bonds. The molecule has 0 saturated carbocycles. The molecule has 2 aromatic heterocycles. The van der Waals surface area contributed by atoms with E-state index in [1.54, 1.807) is 27.7 Å². The first-order chi connectivity index (χ1) is 9.66. The molecule has 0 spiro atoms. The highest BCUT2D eigenvalue weighted by molar-refractivity contribution is 5.93. The number of carbonyl (C=O) groups excluding carboxylic acids is 1. The molecule has 1 aliphatic heterocycles. The van der Waals surface area contributed by atoms with Gasteiger partial charge in [-0.1, -0.05) is 6.07 Å². The molecule has 2 aromatic rings. The van der Waals surface area contributed by atoms with Gasteiger partial charge in [0.05, 0.1) is 11.7 Å². The molecule has 1 atom stereocenters. The van der Waals surface area contributed by atoms with Crippen LogP contribution >= 0.6 is 0 Å². The number of pyridine rings is 1. The molecule has 3 rings (SSSR count). The zero-order valence-corrected chi connectivity index (χ0v) is 10.7. The number of carboxylic acids is 1. The predicted molar refractivity (Wildman–Crippen MR) is 70.5 cm³/mol. The molecule has 104 valence electrons. The highest BCUT2D eigenvalue weighted by atomic mass is 16.4. The van der Waals surface area contributed by atoms with Crippen LogP contribution in [0.5, 0.6) is 0 Å². The van der Waals surface area contributed by atoms with Crippen LogP contribution < -0.4 is 5.32 Å². The number of aliphatic carboxylic acids is 1. The summed E-state index contributed by atoms with van der Waals surface area (Å²) in [6.07, 6.45) is 1.63. The lowest BCUT2D eigenvalue weighted by atomic mass is 10.2. The number of fused-ring (bicyclic) bond motifs is 1. The second kappa shape index (κ2) is 4.93. The van der Waals surface area contributed by atoms with E-state index in [0.717, 1.165) is 5.52 Å². The Bertz CT molecular complexity index is 666. The molecule has 7 nitrogen and oxygen atoms in total. The second-order valence-corrected chi connectivity index (χ2v) is 4.68. The third kappa shape index (κ3) is 2.12. The van der Waals surface area contributed by atoms with Gasteiger partial charge >= 0.3 is 5.97 Å². The molecule has 0 aromatic carbocycles. The molecule has 0 unspecified atom stereocenters. The molecule has 2 N–H and O–H groups in total. The molecule has 0 bridgehead atoms. The Kier molecular flexibility index (Phi) is 3.11. The average molecular weight is 274 g/mol. The summed E-state index contributed by atoms with van der Waals surface area (Å²) >= 11 is 0. The number of hydrogen-bond donors (Lipinski definition) is 2. The first kappa shape index (κ1) is 12.6. The number of nitrogens with zero attached hydrogens (tertiary/aromatic N) is 3. The Morgan fingerprint density at radius 3 is 3.00 bits per heavy atom. The van der Waals surface area contributed by atoms with Crippen molar-refractivity contribution in [2.75, 3.05) is 19.6 Å². The average Bonchev–Trinajstić information content (AvgIpc) is 2.95. The van der Waals surface area contributed by atoms with Crippen molar-refractivity contribution in [3.05, 3.63) is 36.2 Å². The molecule has 0 radical (unpaired) electrons. The van der Waals surface area contributed by atoms with E-state index >= 15 is 0 Å². The smallest absolute Gasteiger partial charge is 0.322 e. The third-order valence-corrected chi connectivity index (χ3v) is 3.40.